The number of carbonyl (C=O) groups excluding carboxylic acids is 1. The van der Waals surface area contributed by atoms with Gasteiger partial charge in [0.25, 0.3) is 0 Å². The molecule has 1 saturated carbocycles. The van der Waals surface area contributed by atoms with Crippen molar-refractivity contribution in [2.75, 3.05) is 6.54 Å². The number of benzene rings is 1. The predicted octanol–water partition coefficient (Wildman–Crippen LogP) is 6.54. The summed E-state index contributed by atoms with van der Waals surface area (Å²) in [6, 6.07) is 12.4. The van der Waals surface area contributed by atoms with Crippen molar-refractivity contribution < 1.29 is 9.53 Å². The first-order valence-corrected chi connectivity index (χ1v) is 13.6. The van der Waals surface area contributed by atoms with Gasteiger partial charge in [0, 0.05) is 18.4 Å². The minimum absolute atomic E-state index is 0.130. The van der Waals surface area contributed by atoms with Crippen molar-refractivity contribution in [3.8, 4) is 5.82 Å². The Morgan fingerprint density at radius 3 is 2.65 bits per heavy atom. The Bertz CT molecular complexity index is 1250. The number of amides is 1. The average Bonchev–Trinajstić information content (AvgIpc) is 3.54. The minimum atomic E-state index is -0.538. The van der Waals surface area contributed by atoms with E-state index in [4.69, 9.17) is 4.74 Å². The predicted molar refractivity (Wildman–Crippen MR) is 146 cm³/mol. The second-order valence-corrected chi connectivity index (χ2v) is 11.4. The number of aromatic nitrogens is 3. The second-order valence-electron chi connectivity index (χ2n) is 11.4. The fourth-order valence-electron chi connectivity index (χ4n) is 5.93. The van der Waals surface area contributed by atoms with Crippen LogP contribution < -0.4 is 5.32 Å². The van der Waals surface area contributed by atoms with Gasteiger partial charge in [-0.1, -0.05) is 38.0 Å². The molecule has 0 spiro atoms. The summed E-state index contributed by atoms with van der Waals surface area (Å²) in [6.07, 6.45) is 11.3. The van der Waals surface area contributed by atoms with E-state index >= 15 is 0 Å². The number of nitrogens with zero attached hydrogens (tertiary/aromatic N) is 4. The lowest BCUT2D eigenvalue weighted by molar-refractivity contribution is 0.0477. The van der Waals surface area contributed by atoms with Gasteiger partial charge in [-0.05, 0) is 82.2 Å². The number of hydrogen-bond donors (Lipinski definition) is 1. The molecular formula is C30H39N5O2. The maximum absolute atomic E-state index is 12.9. The summed E-state index contributed by atoms with van der Waals surface area (Å²) >= 11 is 0. The van der Waals surface area contributed by atoms with Crippen LogP contribution in [0.1, 0.15) is 77.3 Å². The number of fused-ring (bicyclic) bond motifs is 1. The quantitative estimate of drug-likeness (QED) is 0.415. The normalized spacial score (nSPS) is 19.6. The van der Waals surface area contributed by atoms with Gasteiger partial charge in [-0.2, -0.15) is 0 Å². The molecule has 2 atom stereocenters. The highest BCUT2D eigenvalue weighted by atomic mass is 16.6. The molecule has 5 rings (SSSR count). The molecule has 7 heteroatoms. The molecule has 1 aliphatic heterocycles. The van der Waals surface area contributed by atoms with Gasteiger partial charge in [0.15, 0.2) is 0 Å². The third kappa shape index (κ3) is 5.65. The number of ether oxygens (including phenoxy) is 1. The summed E-state index contributed by atoms with van der Waals surface area (Å²) in [4.78, 5) is 24.5. The van der Waals surface area contributed by atoms with Crippen molar-refractivity contribution >= 4 is 17.1 Å². The molecule has 3 aromatic rings. The van der Waals surface area contributed by atoms with Crippen LogP contribution in [-0.4, -0.2) is 43.7 Å². The third-order valence-electron chi connectivity index (χ3n) is 7.63. The van der Waals surface area contributed by atoms with E-state index in [1.165, 1.54) is 24.8 Å². The van der Waals surface area contributed by atoms with Gasteiger partial charge in [-0.3, -0.25) is 4.57 Å². The minimum Gasteiger partial charge on any atom is -0.444 e. The largest absolute Gasteiger partial charge is 0.444 e. The molecule has 1 aromatic carbocycles. The zero-order valence-corrected chi connectivity index (χ0v) is 22.3. The van der Waals surface area contributed by atoms with Crippen molar-refractivity contribution in [1.29, 1.82) is 0 Å². The zero-order chi connectivity index (χ0) is 26.0. The molecule has 1 N–H and O–H groups in total. The Morgan fingerprint density at radius 2 is 1.86 bits per heavy atom. The number of nitrogens with one attached hydrogen (secondary N) is 1. The first kappa shape index (κ1) is 25.3. The molecule has 2 fully saturated rings. The summed E-state index contributed by atoms with van der Waals surface area (Å²) < 4.78 is 7.69. The van der Waals surface area contributed by atoms with E-state index in [1.54, 1.807) is 0 Å². The Labute approximate surface area is 219 Å². The SMILES string of the molecule is C=C([C@@H](NC(=O)OC(C)(C)C)C1CCCCC1)N1CCC[C@H]1c1ccnc(-n2cnc3ccccc32)c1. The van der Waals surface area contributed by atoms with Gasteiger partial charge >= 0.3 is 6.09 Å². The highest BCUT2D eigenvalue weighted by molar-refractivity contribution is 5.76. The summed E-state index contributed by atoms with van der Waals surface area (Å²) in [5, 5.41) is 3.22. The number of imidazole rings is 1. The number of likely N-dealkylation sites (tertiary alicyclic amines) is 1. The smallest absolute Gasteiger partial charge is 0.408 e. The Kier molecular flexibility index (Phi) is 7.22. The van der Waals surface area contributed by atoms with Crippen LogP contribution in [-0.2, 0) is 4.74 Å². The van der Waals surface area contributed by atoms with Crippen LogP contribution in [0.15, 0.2) is 61.2 Å². The Morgan fingerprint density at radius 1 is 1.08 bits per heavy atom. The summed E-state index contributed by atoms with van der Waals surface area (Å²) in [5.41, 5.74) is 3.66. The summed E-state index contributed by atoms with van der Waals surface area (Å²) in [5.74, 6) is 1.24. The van der Waals surface area contributed by atoms with Crippen molar-refractivity contribution in [1.82, 2.24) is 24.8 Å². The fourth-order valence-corrected chi connectivity index (χ4v) is 5.93. The van der Waals surface area contributed by atoms with Crippen LogP contribution in [0.5, 0.6) is 0 Å². The molecule has 2 aromatic heterocycles. The Hall–Kier alpha value is -3.35. The van der Waals surface area contributed by atoms with Gasteiger partial charge < -0.3 is 15.0 Å². The number of carbonyl (C=O) groups is 1. The van der Waals surface area contributed by atoms with Crippen molar-refractivity contribution in [3.05, 3.63) is 66.8 Å². The summed E-state index contributed by atoms with van der Waals surface area (Å²) in [6.45, 7) is 11.2. The molecule has 1 saturated heterocycles. The van der Waals surface area contributed by atoms with Gasteiger partial charge in [-0.15, -0.1) is 0 Å². The molecule has 0 bridgehead atoms. The van der Waals surface area contributed by atoms with Gasteiger partial charge in [0.1, 0.15) is 17.7 Å². The van der Waals surface area contributed by atoms with Crippen LogP contribution >= 0.6 is 0 Å². The number of pyridine rings is 1. The topological polar surface area (TPSA) is 72.3 Å². The molecule has 37 heavy (non-hydrogen) atoms. The van der Waals surface area contributed by atoms with Crippen LogP contribution in [0.3, 0.4) is 0 Å². The molecule has 3 heterocycles. The average molecular weight is 502 g/mol. The molecule has 0 unspecified atom stereocenters. The van der Waals surface area contributed by atoms with E-state index in [1.807, 2.05) is 56.1 Å². The van der Waals surface area contributed by atoms with Crippen LogP contribution in [0.2, 0.25) is 0 Å². The van der Waals surface area contributed by atoms with Crippen molar-refractivity contribution in [2.45, 2.75) is 83.4 Å². The van der Waals surface area contributed by atoms with E-state index in [-0.39, 0.29) is 18.2 Å². The molecule has 1 aliphatic carbocycles. The molecule has 196 valence electrons. The first-order valence-electron chi connectivity index (χ1n) is 13.6. The second kappa shape index (κ2) is 10.6. The first-order chi connectivity index (χ1) is 17.8. The van der Waals surface area contributed by atoms with Crippen molar-refractivity contribution in [3.63, 3.8) is 0 Å². The number of para-hydroxylation sites is 2. The van der Waals surface area contributed by atoms with Crippen LogP contribution in [0.4, 0.5) is 4.79 Å². The lowest BCUT2D eigenvalue weighted by Crippen LogP contribution is -2.48. The molecule has 7 nitrogen and oxygen atoms in total. The molecule has 2 aliphatic rings. The van der Waals surface area contributed by atoms with E-state index < -0.39 is 5.60 Å². The fraction of sp³-hybridized carbons (Fsp3) is 0.500. The lowest BCUT2D eigenvalue weighted by atomic mass is 9.82. The van der Waals surface area contributed by atoms with Gasteiger partial charge in [0.05, 0.1) is 23.1 Å². The third-order valence-corrected chi connectivity index (χ3v) is 7.63. The lowest BCUT2D eigenvalue weighted by Gasteiger charge is -2.39. The van der Waals surface area contributed by atoms with E-state index in [0.717, 1.165) is 54.8 Å². The van der Waals surface area contributed by atoms with Crippen LogP contribution in [0, 0.1) is 5.92 Å². The van der Waals surface area contributed by atoms with E-state index in [2.05, 4.69) is 45.0 Å². The Balaban J connectivity index is 1.40. The van der Waals surface area contributed by atoms with E-state index in [0.29, 0.717) is 5.92 Å². The molecule has 0 radical (unpaired) electrons. The number of hydrogen-bond acceptors (Lipinski definition) is 5. The summed E-state index contributed by atoms with van der Waals surface area (Å²) in [7, 11) is 0. The standard InChI is InChI=1S/C30H39N5O2/c1-21(28(22-11-6-5-7-12-22)33-29(36)37-30(2,3)4)34-18-10-15-25(34)23-16-17-31-27(19-23)35-20-32-24-13-8-9-14-26(24)35/h8-9,13-14,16-17,19-20,22,25,28H,1,5-7,10-12,15,18H2,2-4H3,(H,33,36)/t25-,28+/m0/s1. The van der Waals surface area contributed by atoms with Crippen molar-refractivity contribution in [2.24, 2.45) is 5.92 Å². The maximum Gasteiger partial charge on any atom is 0.408 e. The highest BCUT2D eigenvalue weighted by Crippen LogP contribution is 2.39. The maximum atomic E-state index is 12.9. The number of rotatable bonds is 6. The monoisotopic (exact) mass is 501 g/mol. The van der Waals surface area contributed by atoms with Gasteiger partial charge in [0.2, 0.25) is 0 Å². The zero-order valence-electron chi connectivity index (χ0n) is 22.3. The number of alkyl carbamates (subject to hydrolysis) is 1. The molecular weight excluding hydrogens is 462 g/mol. The van der Waals surface area contributed by atoms with E-state index in [9.17, 15) is 4.79 Å². The van der Waals surface area contributed by atoms with Gasteiger partial charge in [-0.25, -0.2) is 14.8 Å². The van der Waals surface area contributed by atoms with Crippen LogP contribution in [0.25, 0.3) is 16.9 Å². The molecule has 1 amide bonds. The highest BCUT2D eigenvalue weighted by Gasteiger charge is 2.36.